The predicted molar refractivity (Wildman–Crippen MR) is 44.8 cm³/mol. The molecule has 0 heterocycles. The summed E-state index contributed by atoms with van der Waals surface area (Å²) < 4.78 is 0. The first-order valence-corrected chi connectivity index (χ1v) is 6.59. The minimum atomic E-state index is -1.75. The summed E-state index contributed by atoms with van der Waals surface area (Å²) in [6, 6.07) is 0. The normalized spacial score (nSPS) is 17.9. The van der Waals surface area contributed by atoms with Gasteiger partial charge in [-0.05, 0) is 7.05 Å². The fourth-order valence-corrected chi connectivity index (χ4v) is 2.51. The summed E-state index contributed by atoms with van der Waals surface area (Å²) >= 11 is 16.1. The minimum Gasteiger partial charge on any atom is -0.280 e. The van der Waals surface area contributed by atoms with Crippen LogP contribution in [0.15, 0.2) is 0 Å². The van der Waals surface area contributed by atoms with E-state index in [-0.39, 0.29) is 0 Å². The highest BCUT2D eigenvalue weighted by Gasteiger charge is 2.06. The molecule has 50 valence electrons. The van der Waals surface area contributed by atoms with E-state index < -0.39 is 5.54 Å². The standard InChI is InChI=1S/C3H8Cl2NPS/c1-6-7(5,8)3-2-4/h2-3H2,1H3,(H,6,8). The Bertz CT molecular complexity index is 107. The van der Waals surface area contributed by atoms with Crippen molar-refractivity contribution in [3.63, 3.8) is 0 Å². The van der Waals surface area contributed by atoms with Gasteiger partial charge in [-0.2, -0.15) is 0 Å². The first-order chi connectivity index (χ1) is 3.62. The molecule has 0 aliphatic rings. The molecule has 0 saturated heterocycles. The van der Waals surface area contributed by atoms with Gasteiger partial charge in [-0.15, -0.1) is 11.6 Å². The Morgan fingerprint density at radius 1 is 1.75 bits per heavy atom. The van der Waals surface area contributed by atoms with Gasteiger partial charge in [-0.3, -0.25) is 5.09 Å². The van der Waals surface area contributed by atoms with Crippen molar-refractivity contribution in [2.45, 2.75) is 0 Å². The Labute approximate surface area is 64.6 Å². The maximum absolute atomic E-state index is 5.75. The second-order valence-electron chi connectivity index (χ2n) is 1.29. The van der Waals surface area contributed by atoms with E-state index in [0.717, 1.165) is 0 Å². The van der Waals surface area contributed by atoms with Gasteiger partial charge in [0, 0.05) is 12.0 Å². The zero-order valence-corrected chi connectivity index (χ0v) is 7.75. The van der Waals surface area contributed by atoms with Gasteiger partial charge in [0.25, 0.3) is 0 Å². The van der Waals surface area contributed by atoms with Gasteiger partial charge in [0.05, 0.1) is 5.54 Å². The van der Waals surface area contributed by atoms with Crippen molar-refractivity contribution in [1.29, 1.82) is 0 Å². The number of hydrogen-bond acceptors (Lipinski definition) is 1. The second kappa shape index (κ2) is 4.08. The zero-order chi connectivity index (χ0) is 6.62. The van der Waals surface area contributed by atoms with Gasteiger partial charge in [-0.1, -0.05) is 23.0 Å². The Morgan fingerprint density at radius 3 is 2.38 bits per heavy atom. The molecule has 1 unspecified atom stereocenters. The van der Waals surface area contributed by atoms with Crippen LogP contribution in [0.3, 0.4) is 0 Å². The molecule has 0 saturated carbocycles. The van der Waals surface area contributed by atoms with Crippen LogP contribution >= 0.6 is 28.4 Å². The van der Waals surface area contributed by atoms with E-state index in [4.69, 9.17) is 34.6 Å². The fraction of sp³-hybridized carbons (Fsp3) is 1.00. The molecule has 0 spiro atoms. The Balaban J connectivity index is 3.55. The quantitative estimate of drug-likeness (QED) is 0.542. The molecule has 8 heavy (non-hydrogen) atoms. The van der Waals surface area contributed by atoms with E-state index in [1.807, 2.05) is 0 Å². The zero-order valence-electron chi connectivity index (χ0n) is 4.53. The van der Waals surface area contributed by atoms with Crippen molar-refractivity contribution in [2.75, 3.05) is 19.1 Å². The van der Waals surface area contributed by atoms with Gasteiger partial charge in [-0.25, -0.2) is 0 Å². The number of rotatable bonds is 3. The molecule has 0 rings (SSSR count). The number of halogens is 2. The third-order valence-corrected chi connectivity index (χ3v) is 4.73. The van der Waals surface area contributed by atoms with Crippen LogP contribution in [-0.2, 0) is 11.8 Å². The Kier molecular flexibility index (Phi) is 4.68. The van der Waals surface area contributed by atoms with Gasteiger partial charge >= 0.3 is 0 Å². The summed E-state index contributed by atoms with van der Waals surface area (Å²) in [6.07, 6.45) is 0.710. The Morgan fingerprint density at radius 2 is 2.25 bits per heavy atom. The van der Waals surface area contributed by atoms with Gasteiger partial charge in [0.1, 0.15) is 0 Å². The van der Waals surface area contributed by atoms with E-state index in [0.29, 0.717) is 12.0 Å². The first-order valence-electron chi connectivity index (χ1n) is 2.16. The molecule has 0 aromatic carbocycles. The first kappa shape index (κ1) is 9.19. The molecular formula is C3H8Cl2NPS. The molecule has 5 heteroatoms. The van der Waals surface area contributed by atoms with Gasteiger partial charge in [0.2, 0.25) is 0 Å². The van der Waals surface area contributed by atoms with Crippen molar-refractivity contribution >= 4 is 40.2 Å². The summed E-state index contributed by atoms with van der Waals surface area (Å²) in [7, 11) is 1.76. The highest BCUT2D eigenvalue weighted by atomic mass is 35.7. The smallest absolute Gasteiger partial charge is 0.0970 e. The molecule has 0 aromatic rings. The van der Waals surface area contributed by atoms with Crippen LogP contribution in [0.25, 0.3) is 0 Å². The fourth-order valence-electron chi connectivity index (χ4n) is 0.221. The maximum atomic E-state index is 5.75. The highest BCUT2D eigenvalue weighted by molar-refractivity contribution is 8.26. The molecule has 1 atom stereocenters. The second-order valence-corrected chi connectivity index (χ2v) is 8.07. The van der Waals surface area contributed by atoms with Crippen molar-refractivity contribution < 1.29 is 0 Å². The van der Waals surface area contributed by atoms with Crippen LogP contribution < -0.4 is 5.09 Å². The largest absolute Gasteiger partial charge is 0.280 e. The number of nitrogens with one attached hydrogen (secondary N) is 1. The molecule has 0 bridgehead atoms. The highest BCUT2D eigenvalue weighted by Crippen LogP contribution is 2.45. The lowest BCUT2D eigenvalue weighted by atomic mass is 11.0. The third-order valence-electron chi connectivity index (χ3n) is 0.706. The molecule has 1 nitrogen and oxygen atoms in total. The summed E-state index contributed by atoms with van der Waals surface area (Å²) in [5.74, 6) is 0.543. The predicted octanol–water partition coefficient (Wildman–Crippen LogP) is 1.99. The summed E-state index contributed by atoms with van der Waals surface area (Å²) in [5.41, 5.74) is -1.75. The molecule has 0 fully saturated rings. The van der Waals surface area contributed by atoms with E-state index in [2.05, 4.69) is 5.09 Å². The topological polar surface area (TPSA) is 12.0 Å². The van der Waals surface area contributed by atoms with Crippen molar-refractivity contribution in [2.24, 2.45) is 0 Å². The van der Waals surface area contributed by atoms with E-state index in [1.165, 1.54) is 0 Å². The van der Waals surface area contributed by atoms with Crippen LogP contribution in [0.1, 0.15) is 0 Å². The lowest BCUT2D eigenvalue weighted by Crippen LogP contribution is -2.01. The Hall–Kier alpha value is 1.19. The maximum Gasteiger partial charge on any atom is 0.0970 e. The van der Waals surface area contributed by atoms with Crippen LogP contribution in [0.2, 0.25) is 0 Å². The molecule has 0 radical (unpaired) electrons. The van der Waals surface area contributed by atoms with Gasteiger partial charge < -0.3 is 0 Å². The molecular weight excluding hydrogens is 184 g/mol. The molecule has 0 aromatic heterocycles. The van der Waals surface area contributed by atoms with Crippen molar-refractivity contribution in [3.05, 3.63) is 0 Å². The molecule has 0 aliphatic heterocycles. The van der Waals surface area contributed by atoms with E-state index in [9.17, 15) is 0 Å². The van der Waals surface area contributed by atoms with Crippen LogP contribution in [0, 0.1) is 0 Å². The van der Waals surface area contributed by atoms with Crippen LogP contribution in [0.4, 0.5) is 0 Å². The lowest BCUT2D eigenvalue weighted by molar-refractivity contribution is 1.25. The lowest BCUT2D eigenvalue weighted by Gasteiger charge is -2.08. The summed E-state index contributed by atoms with van der Waals surface area (Å²) in [4.78, 5) is 0. The summed E-state index contributed by atoms with van der Waals surface area (Å²) in [6.45, 7) is 0. The average Bonchev–Trinajstić information content (AvgIpc) is 1.67. The average molecular weight is 192 g/mol. The summed E-state index contributed by atoms with van der Waals surface area (Å²) in [5, 5.41) is 2.85. The molecule has 0 aliphatic carbocycles. The van der Waals surface area contributed by atoms with Crippen molar-refractivity contribution in [3.8, 4) is 0 Å². The van der Waals surface area contributed by atoms with Gasteiger partial charge in [0.15, 0.2) is 0 Å². The van der Waals surface area contributed by atoms with Crippen LogP contribution in [0.5, 0.6) is 0 Å². The van der Waals surface area contributed by atoms with Crippen molar-refractivity contribution in [1.82, 2.24) is 5.09 Å². The SMILES string of the molecule is CNP(=S)(Cl)CCCl. The van der Waals surface area contributed by atoms with E-state index >= 15 is 0 Å². The molecule has 1 N–H and O–H groups in total. The van der Waals surface area contributed by atoms with E-state index in [1.54, 1.807) is 7.05 Å². The van der Waals surface area contributed by atoms with Crippen LogP contribution in [-0.4, -0.2) is 19.1 Å². The molecule has 0 amide bonds. The monoisotopic (exact) mass is 191 g/mol. The third kappa shape index (κ3) is 4.11. The minimum absolute atomic E-state index is 0.543. The number of alkyl halides is 1. The number of hydrogen-bond donors (Lipinski definition) is 1.